The summed E-state index contributed by atoms with van der Waals surface area (Å²) in [4.78, 5) is 11.6. The number of ether oxygens (including phenoxy) is 1. The number of nitrogens with one attached hydrogen (secondary N) is 2. The van der Waals surface area contributed by atoms with E-state index < -0.39 is 13.0 Å². The number of aromatic amines is 1. The molecule has 0 saturated carbocycles. The van der Waals surface area contributed by atoms with Gasteiger partial charge in [-0.1, -0.05) is 12.1 Å². The van der Waals surface area contributed by atoms with Crippen molar-refractivity contribution < 1.29 is 18.3 Å². The van der Waals surface area contributed by atoms with E-state index in [1.807, 2.05) is 24.3 Å². The molecule has 0 bridgehead atoms. The van der Waals surface area contributed by atoms with Gasteiger partial charge in [0.1, 0.15) is 6.61 Å². The second-order valence-electron chi connectivity index (χ2n) is 3.88. The minimum Gasteiger partial charge on any atom is -0.375 e. The Balaban J connectivity index is 1.85. The lowest BCUT2D eigenvalue weighted by Crippen LogP contribution is -2.16. The molecular formula is C12H13F2N3O2. The molecule has 0 fully saturated rings. The highest BCUT2D eigenvalue weighted by molar-refractivity contribution is 5.99. The molecule has 19 heavy (non-hydrogen) atoms. The Morgan fingerprint density at radius 1 is 1.42 bits per heavy atom. The summed E-state index contributed by atoms with van der Waals surface area (Å²) in [6.45, 7) is -0.697. The molecule has 0 aliphatic rings. The molecule has 0 aliphatic heterocycles. The quantitative estimate of drug-likeness (QED) is 0.790. The van der Waals surface area contributed by atoms with E-state index in [0.29, 0.717) is 5.82 Å². The highest BCUT2D eigenvalue weighted by Crippen LogP contribution is 2.19. The third-order valence-corrected chi connectivity index (χ3v) is 2.45. The van der Waals surface area contributed by atoms with Crippen LogP contribution in [0.25, 0.3) is 10.9 Å². The summed E-state index contributed by atoms with van der Waals surface area (Å²) in [5, 5.41) is 10.2. The number of anilines is 1. The van der Waals surface area contributed by atoms with E-state index in [1.54, 1.807) is 0 Å². The van der Waals surface area contributed by atoms with Crippen LogP contribution in [-0.2, 0) is 9.53 Å². The molecule has 0 saturated heterocycles. The second-order valence-corrected chi connectivity index (χ2v) is 3.88. The Labute approximate surface area is 107 Å². The van der Waals surface area contributed by atoms with Gasteiger partial charge in [-0.05, 0) is 12.1 Å². The van der Waals surface area contributed by atoms with Gasteiger partial charge in [-0.15, -0.1) is 0 Å². The smallest absolute Gasteiger partial charge is 0.261 e. The molecule has 1 heterocycles. The average Bonchev–Trinajstić information content (AvgIpc) is 2.78. The number of benzene rings is 1. The first kappa shape index (κ1) is 13.4. The van der Waals surface area contributed by atoms with Crippen LogP contribution < -0.4 is 5.32 Å². The molecule has 0 radical (unpaired) electrons. The number of hydrogen-bond donors (Lipinski definition) is 2. The number of rotatable bonds is 6. The van der Waals surface area contributed by atoms with Gasteiger partial charge in [-0.25, -0.2) is 8.78 Å². The molecule has 2 aromatic rings. The summed E-state index contributed by atoms with van der Waals surface area (Å²) in [5.41, 5.74) is 0.812. The first-order valence-electron chi connectivity index (χ1n) is 5.75. The van der Waals surface area contributed by atoms with E-state index in [9.17, 15) is 13.6 Å². The fraction of sp³-hybridized carbons (Fsp3) is 0.333. The lowest BCUT2D eigenvalue weighted by atomic mass is 10.2. The molecule has 7 heteroatoms. The summed E-state index contributed by atoms with van der Waals surface area (Å²) >= 11 is 0. The van der Waals surface area contributed by atoms with Crippen LogP contribution in [0.4, 0.5) is 14.6 Å². The van der Waals surface area contributed by atoms with Gasteiger partial charge < -0.3 is 10.1 Å². The van der Waals surface area contributed by atoms with Crippen molar-refractivity contribution >= 4 is 22.6 Å². The van der Waals surface area contributed by atoms with Crippen molar-refractivity contribution in [3.05, 3.63) is 24.3 Å². The number of carbonyl (C=O) groups is 1. The van der Waals surface area contributed by atoms with Gasteiger partial charge in [-0.2, -0.15) is 5.10 Å². The Kier molecular flexibility index (Phi) is 4.40. The van der Waals surface area contributed by atoms with Crippen molar-refractivity contribution in [2.24, 2.45) is 0 Å². The van der Waals surface area contributed by atoms with Crippen molar-refractivity contribution in [2.75, 3.05) is 18.5 Å². The molecular weight excluding hydrogens is 256 g/mol. The standard InChI is InChI=1S/C12H13F2N3O2/c13-10(14)7-19-6-5-11(18)15-12-8-3-1-2-4-9(8)16-17-12/h1-4,10H,5-7H2,(H2,15,16,17,18). The monoisotopic (exact) mass is 269 g/mol. The first-order valence-corrected chi connectivity index (χ1v) is 5.75. The van der Waals surface area contributed by atoms with Gasteiger partial charge in [-0.3, -0.25) is 9.89 Å². The molecule has 2 rings (SSSR count). The van der Waals surface area contributed by atoms with Crippen molar-refractivity contribution in [1.82, 2.24) is 10.2 Å². The molecule has 1 aromatic carbocycles. The third-order valence-electron chi connectivity index (χ3n) is 2.45. The summed E-state index contributed by atoms with van der Waals surface area (Å²) in [5.74, 6) is 0.0981. The molecule has 0 atom stereocenters. The lowest BCUT2D eigenvalue weighted by molar-refractivity contribution is -0.117. The number of aromatic nitrogens is 2. The van der Waals surface area contributed by atoms with Crippen LogP contribution in [0.15, 0.2) is 24.3 Å². The van der Waals surface area contributed by atoms with Crippen LogP contribution in [0.3, 0.4) is 0 Å². The summed E-state index contributed by atoms with van der Waals surface area (Å²) < 4.78 is 28.2. The lowest BCUT2D eigenvalue weighted by Gasteiger charge is -2.04. The van der Waals surface area contributed by atoms with Crippen LogP contribution in [0, 0.1) is 0 Å². The van der Waals surface area contributed by atoms with Gasteiger partial charge in [0, 0.05) is 5.39 Å². The minimum absolute atomic E-state index is 0.00784. The fourth-order valence-electron chi connectivity index (χ4n) is 1.59. The normalized spacial score (nSPS) is 11.1. The second kappa shape index (κ2) is 6.24. The summed E-state index contributed by atoms with van der Waals surface area (Å²) in [6.07, 6.45) is -2.51. The topological polar surface area (TPSA) is 67.0 Å². The van der Waals surface area contributed by atoms with Gasteiger partial charge in [0.2, 0.25) is 5.91 Å². The fourth-order valence-corrected chi connectivity index (χ4v) is 1.59. The highest BCUT2D eigenvalue weighted by atomic mass is 19.3. The number of carbonyl (C=O) groups excluding carboxylic acids is 1. The van der Waals surface area contributed by atoms with Crippen LogP contribution in [0.5, 0.6) is 0 Å². The van der Waals surface area contributed by atoms with Crippen molar-refractivity contribution in [3.63, 3.8) is 0 Å². The van der Waals surface area contributed by atoms with Crippen molar-refractivity contribution in [2.45, 2.75) is 12.8 Å². The number of alkyl halides is 2. The molecule has 0 aliphatic carbocycles. The zero-order valence-electron chi connectivity index (χ0n) is 10.0. The van der Waals surface area contributed by atoms with Crippen molar-refractivity contribution in [3.8, 4) is 0 Å². The van der Waals surface area contributed by atoms with E-state index in [2.05, 4.69) is 20.3 Å². The molecule has 0 spiro atoms. The van der Waals surface area contributed by atoms with Crippen LogP contribution in [0.2, 0.25) is 0 Å². The first-order chi connectivity index (χ1) is 9.16. The minimum atomic E-state index is -2.52. The number of halogens is 2. The van der Waals surface area contributed by atoms with E-state index in [0.717, 1.165) is 10.9 Å². The predicted octanol–water partition coefficient (Wildman–Crippen LogP) is 2.17. The zero-order chi connectivity index (χ0) is 13.7. The van der Waals surface area contributed by atoms with E-state index in [1.165, 1.54) is 0 Å². The number of hydrogen-bond acceptors (Lipinski definition) is 3. The number of nitrogens with zero attached hydrogens (tertiary/aromatic N) is 1. The largest absolute Gasteiger partial charge is 0.375 e. The van der Waals surface area contributed by atoms with Gasteiger partial charge in [0.05, 0.1) is 18.5 Å². The highest BCUT2D eigenvalue weighted by Gasteiger charge is 2.09. The van der Waals surface area contributed by atoms with Crippen LogP contribution in [0.1, 0.15) is 6.42 Å². The third kappa shape index (κ3) is 3.72. The summed E-state index contributed by atoms with van der Waals surface area (Å²) in [7, 11) is 0. The molecule has 1 amide bonds. The maximum absolute atomic E-state index is 11.8. The predicted molar refractivity (Wildman–Crippen MR) is 66.2 cm³/mol. The van der Waals surface area contributed by atoms with Crippen molar-refractivity contribution in [1.29, 1.82) is 0 Å². The van der Waals surface area contributed by atoms with E-state index in [-0.39, 0.29) is 18.9 Å². The number of H-pyrrole nitrogens is 1. The van der Waals surface area contributed by atoms with Crippen LogP contribution >= 0.6 is 0 Å². The number of fused-ring (bicyclic) bond motifs is 1. The van der Waals surface area contributed by atoms with Gasteiger partial charge in [0.15, 0.2) is 5.82 Å². The Morgan fingerprint density at radius 2 is 2.21 bits per heavy atom. The molecule has 0 unspecified atom stereocenters. The van der Waals surface area contributed by atoms with E-state index in [4.69, 9.17) is 0 Å². The van der Waals surface area contributed by atoms with Crippen LogP contribution in [-0.4, -0.2) is 35.7 Å². The Bertz CT molecular complexity index is 557. The maximum Gasteiger partial charge on any atom is 0.261 e. The van der Waals surface area contributed by atoms with E-state index >= 15 is 0 Å². The number of para-hydroxylation sites is 1. The maximum atomic E-state index is 11.8. The Hall–Kier alpha value is -2.02. The average molecular weight is 269 g/mol. The Morgan fingerprint density at radius 3 is 3.00 bits per heavy atom. The number of amides is 1. The SMILES string of the molecule is O=C(CCOCC(F)F)Nc1n[nH]c2ccccc12. The molecule has 2 N–H and O–H groups in total. The van der Waals surface area contributed by atoms with Gasteiger partial charge >= 0.3 is 0 Å². The zero-order valence-corrected chi connectivity index (χ0v) is 10.0. The molecule has 102 valence electrons. The van der Waals surface area contributed by atoms with Gasteiger partial charge in [0.25, 0.3) is 6.43 Å². The molecule has 5 nitrogen and oxygen atoms in total. The molecule has 1 aromatic heterocycles. The summed E-state index contributed by atoms with van der Waals surface area (Å²) in [6, 6.07) is 7.34.